The minimum atomic E-state index is -0.327. The quantitative estimate of drug-likeness (QED) is 0.537. The molecule has 1 fully saturated rings. The Morgan fingerprint density at radius 2 is 1.94 bits per heavy atom. The van der Waals surface area contributed by atoms with Gasteiger partial charge in [0, 0.05) is 50.4 Å². The molecule has 1 N–H and O–H groups in total. The molecule has 1 aliphatic heterocycles. The fourth-order valence-electron chi connectivity index (χ4n) is 4.15. The van der Waals surface area contributed by atoms with Crippen LogP contribution in [0.1, 0.15) is 18.1 Å². The molecule has 178 valence electrons. The minimum absolute atomic E-state index is 0.0240. The van der Waals surface area contributed by atoms with Crippen molar-refractivity contribution in [2.24, 2.45) is 0 Å². The highest BCUT2D eigenvalue weighted by molar-refractivity contribution is 6.30. The van der Waals surface area contributed by atoms with E-state index in [1.165, 1.54) is 7.11 Å². The number of urea groups is 1. The van der Waals surface area contributed by atoms with Gasteiger partial charge in [-0.15, -0.1) is 0 Å². The molecule has 2 amide bonds. The number of aromatic nitrogens is 1. The molecule has 6 nitrogen and oxygen atoms in total. The van der Waals surface area contributed by atoms with Crippen LogP contribution in [0.4, 0.5) is 15.0 Å². The molecule has 2 aromatic carbocycles. The van der Waals surface area contributed by atoms with Crippen LogP contribution in [-0.4, -0.2) is 55.7 Å². The molecule has 0 saturated carbocycles. The predicted octanol–water partition coefficient (Wildman–Crippen LogP) is 4.99. The summed E-state index contributed by atoms with van der Waals surface area (Å²) in [6.07, 6.45) is 2.19. The van der Waals surface area contributed by atoms with Crippen LogP contribution in [0.25, 0.3) is 11.1 Å². The zero-order valence-corrected chi connectivity index (χ0v) is 20.1. The Hall–Kier alpha value is -3.32. The number of carbonyl (C=O) groups is 1. The van der Waals surface area contributed by atoms with Crippen molar-refractivity contribution in [1.82, 2.24) is 15.2 Å². The number of ether oxygens (including phenoxy) is 1. The summed E-state index contributed by atoms with van der Waals surface area (Å²) in [7, 11) is 1.53. The highest BCUT2D eigenvalue weighted by Crippen LogP contribution is 2.36. The van der Waals surface area contributed by atoms with E-state index in [0.29, 0.717) is 53.5 Å². The fourth-order valence-corrected chi connectivity index (χ4v) is 4.34. The summed E-state index contributed by atoms with van der Waals surface area (Å²) in [4.78, 5) is 20.6. The van der Waals surface area contributed by atoms with Crippen molar-refractivity contribution in [2.45, 2.75) is 13.3 Å². The summed E-state index contributed by atoms with van der Waals surface area (Å²) in [5.74, 6) is 0.991. The largest absolute Gasteiger partial charge is 0.496 e. The third kappa shape index (κ3) is 5.25. The molecular formula is C26H28ClFN4O2. The number of piperazine rings is 1. The van der Waals surface area contributed by atoms with Gasteiger partial charge in [0.25, 0.3) is 0 Å². The van der Waals surface area contributed by atoms with Crippen LogP contribution in [0.3, 0.4) is 0 Å². The van der Waals surface area contributed by atoms with Crippen molar-refractivity contribution in [2.75, 3.05) is 44.7 Å². The van der Waals surface area contributed by atoms with Gasteiger partial charge in [-0.2, -0.15) is 0 Å². The van der Waals surface area contributed by atoms with Gasteiger partial charge in [-0.05, 0) is 47.9 Å². The van der Waals surface area contributed by atoms with Crippen molar-refractivity contribution in [3.8, 4) is 16.9 Å². The van der Waals surface area contributed by atoms with Crippen molar-refractivity contribution in [3.63, 3.8) is 0 Å². The average molecular weight is 483 g/mol. The first-order valence-electron chi connectivity index (χ1n) is 11.3. The first-order valence-corrected chi connectivity index (χ1v) is 11.7. The first-order chi connectivity index (χ1) is 16.5. The Morgan fingerprint density at radius 3 is 2.59 bits per heavy atom. The van der Waals surface area contributed by atoms with Gasteiger partial charge in [0.15, 0.2) is 0 Å². The summed E-state index contributed by atoms with van der Waals surface area (Å²) < 4.78 is 21.0. The van der Waals surface area contributed by atoms with E-state index in [2.05, 4.69) is 15.2 Å². The van der Waals surface area contributed by atoms with Gasteiger partial charge in [-0.25, -0.2) is 14.2 Å². The number of carbonyl (C=O) groups excluding carboxylic acids is 1. The summed E-state index contributed by atoms with van der Waals surface area (Å²) in [6.45, 7) is 5.28. The molecule has 1 aliphatic rings. The van der Waals surface area contributed by atoms with E-state index >= 15 is 4.39 Å². The van der Waals surface area contributed by atoms with Crippen molar-refractivity contribution >= 4 is 23.4 Å². The number of amides is 2. The van der Waals surface area contributed by atoms with Crippen LogP contribution >= 0.6 is 11.6 Å². The molecule has 1 saturated heterocycles. The Morgan fingerprint density at radius 1 is 1.15 bits per heavy atom. The van der Waals surface area contributed by atoms with Crippen LogP contribution in [0.2, 0.25) is 5.02 Å². The molecule has 0 unspecified atom stereocenters. The third-order valence-corrected chi connectivity index (χ3v) is 6.17. The van der Waals surface area contributed by atoms with Crippen LogP contribution in [0.15, 0.2) is 54.7 Å². The molecular weight excluding hydrogens is 455 g/mol. The van der Waals surface area contributed by atoms with Gasteiger partial charge in [-0.3, -0.25) is 0 Å². The number of nitrogens with one attached hydrogen (secondary N) is 1. The summed E-state index contributed by atoms with van der Waals surface area (Å²) >= 11 is 6.13. The molecule has 0 bridgehead atoms. The third-order valence-electron chi connectivity index (χ3n) is 5.94. The van der Waals surface area contributed by atoms with Gasteiger partial charge >= 0.3 is 6.03 Å². The number of nitrogens with zero attached hydrogens (tertiary/aromatic N) is 3. The second-order valence-electron chi connectivity index (χ2n) is 8.14. The minimum Gasteiger partial charge on any atom is -0.496 e. The molecule has 3 aromatic rings. The number of methoxy groups -OCH3 is 1. The molecule has 0 aliphatic carbocycles. The van der Waals surface area contributed by atoms with E-state index in [1.807, 2.05) is 30.0 Å². The zero-order valence-electron chi connectivity index (χ0n) is 19.4. The molecule has 8 heteroatoms. The average Bonchev–Trinajstić information content (AvgIpc) is 2.86. The van der Waals surface area contributed by atoms with Crippen molar-refractivity contribution in [3.05, 3.63) is 76.7 Å². The molecule has 2 heterocycles. The highest BCUT2D eigenvalue weighted by atomic mass is 35.5. The van der Waals surface area contributed by atoms with Gasteiger partial charge in [0.1, 0.15) is 17.4 Å². The SMILES string of the molecule is CCNC(=O)N1CCN(c2ccc(Cc3ccc(OC)c(-c4cccc(Cl)c4)c3F)cn2)CC1. The topological polar surface area (TPSA) is 57.7 Å². The Labute approximate surface area is 204 Å². The van der Waals surface area contributed by atoms with Crippen LogP contribution < -0.4 is 15.0 Å². The Balaban J connectivity index is 1.48. The standard InChI is InChI=1S/C26H28ClFN4O2/c1-3-29-26(33)32-13-11-31(12-14-32)23-10-7-18(17-30-23)15-20-8-9-22(34-2)24(25(20)28)19-5-4-6-21(27)16-19/h4-10,16-17H,3,11-15H2,1-2H3,(H,29,33). The zero-order chi connectivity index (χ0) is 24.1. The number of pyridine rings is 1. The van der Waals surface area contributed by atoms with E-state index in [1.54, 1.807) is 36.5 Å². The maximum Gasteiger partial charge on any atom is 0.317 e. The van der Waals surface area contributed by atoms with E-state index in [0.717, 1.165) is 24.5 Å². The normalized spacial score (nSPS) is 13.6. The number of rotatable bonds is 6. The van der Waals surface area contributed by atoms with E-state index < -0.39 is 0 Å². The number of hydrogen-bond acceptors (Lipinski definition) is 4. The van der Waals surface area contributed by atoms with E-state index in [4.69, 9.17) is 16.3 Å². The lowest BCUT2D eigenvalue weighted by Crippen LogP contribution is -2.52. The second-order valence-corrected chi connectivity index (χ2v) is 8.57. The van der Waals surface area contributed by atoms with Gasteiger partial charge < -0.3 is 19.9 Å². The van der Waals surface area contributed by atoms with Gasteiger partial charge in [0.2, 0.25) is 0 Å². The maximum atomic E-state index is 15.6. The predicted molar refractivity (Wildman–Crippen MR) is 133 cm³/mol. The maximum absolute atomic E-state index is 15.6. The van der Waals surface area contributed by atoms with Crippen LogP contribution in [-0.2, 0) is 6.42 Å². The lowest BCUT2D eigenvalue weighted by atomic mass is 9.97. The fraction of sp³-hybridized carbons (Fsp3) is 0.308. The van der Waals surface area contributed by atoms with E-state index in [9.17, 15) is 4.79 Å². The lowest BCUT2D eigenvalue weighted by molar-refractivity contribution is 0.195. The second kappa shape index (κ2) is 10.7. The molecule has 1 aromatic heterocycles. The number of halogens is 2. The number of hydrogen-bond donors (Lipinski definition) is 1. The van der Waals surface area contributed by atoms with E-state index in [-0.39, 0.29) is 11.8 Å². The highest BCUT2D eigenvalue weighted by Gasteiger charge is 2.22. The lowest BCUT2D eigenvalue weighted by Gasteiger charge is -2.35. The smallest absolute Gasteiger partial charge is 0.317 e. The Kier molecular flexibility index (Phi) is 7.53. The number of anilines is 1. The summed E-state index contributed by atoms with van der Waals surface area (Å²) in [5.41, 5.74) is 2.53. The van der Waals surface area contributed by atoms with Gasteiger partial charge in [0.05, 0.1) is 12.7 Å². The summed E-state index contributed by atoms with van der Waals surface area (Å²) in [6, 6.07) is 14.5. The van der Waals surface area contributed by atoms with Crippen molar-refractivity contribution in [1.29, 1.82) is 0 Å². The van der Waals surface area contributed by atoms with Gasteiger partial charge in [-0.1, -0.05) is 35.9 Å². The molecule has 0 spiro atoms. The summed E-state index contributed by atoms with van der Waals surface area (Å²) in [5, 5.41) is 3.37. The molecule has 0 atom stereocenters. The van der Waals surface area contributed by atoms with Crippen molar-refractivity contribution < 1.29 is 13.9 Å². The monoisotopic (exact) mass is 482 g/mol. The molecule has 4 rings (SSSR count). The van der Waals surface area contributed by atoms with Crippen LogP contribution in [0, 0.1) is 5.82 Å². The molecule has 34 heavy (non-hydrogen) atoms. The number of benzene rings is 2. The van der Waals surface area contributed by atoms with Crippen LogP contribution in [0.5, 0.6) is 5.75 Å². The first kappa shape index (κ1) is 23.8. The Bertz CT molecular complexity index is 1150. The molecule has 0 radical (unpaired) electrons.